The summed E-state index contributed by atoms with van der Waals surface area (Å²) in [7, 11) is 0. The fourth-order valence-corrected chi connectivity index (χ4v) is 2.68. The van der Waals surface area contributed by atoms with Crippen molar-refractivity contribution >= 4 is 5.97 Å². The number of hydrogen-bond acceptors (Lipinski definition) is 1. The van der Waals surface area contributed by atoms with Crippen molar-refractivity contribution in [1.82, 2.24) is 0 Å². The first-order valence-corrected chi connectivity index (χ1v) is 5.63. The largest absolute Gasteiger partial charge is 0.481 e. The third-order valence-electron chi connectivity index (χ3n) is 3.65. The average molecular weight is 198 g/mol. The van der Waals surface area contributed by atoms with E-state index in [-0.39, 0.29) is 5.41 Å². The van der Waals surface area contributed by atoms with Gasteiger partial charge in [0.2, 0.25) is 0 Å². The summed E-state index contributed by atoms with van der Waals surface area (Å²) in [5.74, 6) is 0.720. The van der Waals surface area contributed by atoms with Crippen molar-refractivity contribution in [2.75, 3.05) is 0 Å². The zero-order valence-corrected chi connectivity index (χ0v) is 9.55. The van der Waals surface area contributed by atoms with Crippen LogP contribution in [-0.2, 0) is 4.79 Å². The second kappa shape index (κ2) is 4.33. The maximum Gasteiger partial charge on any atom is 0.303 e. The number of rotatable bonds is 3. The Morgan fingerprint density at radius 3 is 2.57 bits per heavy atom. The third kappa shape index (κ3) is 3.00. The number of carboxylic acids is 1. The molecule has 14 heavy (non-hydrogen) atoms. The zero-order chi connectivity index (χ0) is 10.8. The van der Waals surface area contributed by atoms with Crippen LogP contribution in [0.3, 0.4) is 0 Å². The fraction of sp³-hybridized carbons (Fsp3) is 0.917. The van der Waals surface area contributed by atoms with Gasteiger partial charge in [-0.1, -0.05) is 33.6 Å². The van der Waals surface area contributed by atoms with Gasteiger partial charge in [0.25, 0.3) is 0 Å². The summed E-state index contributed by atoms with van der Waals surface area (Å²) in [4.78, 5) is 10.7. The summed E-state index contributed by atoms with van der Waals surface area (Å²) in [6.07, 6.45) is 5.32. The van der Waals surface area contributed by atoms with E-state index in [1.807, 2.05) is 0 Å². The lowest BCUT2D eigenvalue weighted by Crippen LogP contribution is -2.30. The molecule has 0 bridgehead atoms. The van der Waals surface area contributed by atoms with Crippen LogP contribution in [-0.4, -0.2) is 11.1 Å². The molecule has 1 aliphatic carbocycles. The first kappa shape index (κ1) is 11.5. The number of aliphatic carboxylic acids is 1. The lowest BCUT2D eigenvalue weighted by Gasteiger charge is -2.38. The van der Waals surface area contributed by atoms with Crippen molar-refractivity contribution in [2.45, 2.75) is 52.9 Å². The van der Waals surface area contributed by atoms with Crippen molar-refractivity contribution in [2.24, 2.45) is 17.3 Å². The van der Waals surface area contributed by atoms with Crippen molar-refractivity contribution in [3.63, 3.8) is 0 Å². The Hall–Kier alpha value is -0.530. The fourth-order valence-electron chi connectivity index (χ4n) is 2.68. The van der Waals surface area contributed by atoms with Crippen molar-refractivity contribution in [3.8, 4) is 0 Å². The minimum atomic E-state index is -0.659. The van der Waals surface area contributed by atoms with E-state index in [1.54, 1.807) is 0 Å². The molecule has 0 aromatic heterocycles. The molecule has 1 rings (SSSR count). The van der Waals surface area contributed by atoms with Gasteiger partial charge >= 0.3 is 5.97 Å². The van der Waals surface area contributed by atoms with Gasteiger partial charge in [-0.25, -0.2) is 0 Å². The molecule has 2 atom stereocenters. The Labute approximate surface area is 86.7 Å². The van der Waals surface area contributed by atoms with Gasteiger partial charge < -0.3 is 5.11 Å². The standard InChI is InChI=1S/C12H22O2/c1-9-5-4-6-10(7-9)12(2,3)8-11(13)14/h9-10H,4-8H2,1-3H3,(H,13,14). The minimum Gasteiger partial charge on any atom is -0.481 e. The molecule has 0 aromatic carbocycles. The summed E-state index contributed by atoms with van der Waals surface area (Å²) in [6.45, 7) is 6.48. The lowest BCUT2D eigenvalue weighted by molar-refractivity contribution is -0.140. The summed E-state index contributed by atoms with van der Waals surface area (Å²) >= 11 is 0. The molecule has 2 unspecified atom stereocenters. The quantitative estimate of drug-likeness (QED) is 0.755. The minimum absolute atomic E-state index is 0.0273. The maximum absolute atomic E-state index is 10.7. The van der Waals surface area contributed by atoms with Crippen LogP contribution in [0, 0.1) is 17.3 Å². The highest BCUT2D eigenvalue weighted by Gasteiger charge is 2.34. The lowest BCUT2D eigenvalue weighted by atomic mass is 9.67. The van der Waals surface area contributed by atoms with E-state index < -0.39 is 5.97 Å². The molecule has 0 radical (unpaired) electrons. The Bertz CT molecular complexity index is 208. The highest BCUT2D eigenvalue weighted by molar-refractivity contribution is 5.67. The Morgan fingerprint density at radius 1 is 1.43 bits per heavy atom. The third-order valence-corrected chi connectivity index (χ3v) is 3.65. The predicted octanol–water partition coefficient (Wildman–Crippen LogP) is 3.31. The molecular weight excluding hydrogens is 176 g/mol. The molecule has 0 amide bonds. The normalized spacial score (nSPS) is 28.8. The van der Waals surface area contributed by atoms with E-state index in [9.17, 15) is 4.79 Å². The second-order valence-electron chi connectivity index (χ2n) is 5.53. The van der Waals surface area contributed by atoms with E-state index in [4.69, 9.17) is 5.11 Å². The van der Waals surface area contributed by atoms with Gasteiger partial charge in [-0.3, -0.25) is 4.79 Å². The smallest absolute Gasteiger partial charge is 0.303 e. The molecule has 2 nitrogen and oxygen atoms in total. The van der Waals surface area contributed by atoms with Gasteiger partial charge in [-0.05, 0) is 30.1 Å². The molecule has 1 saturated carbocycles. The number of carbonyl (C=O) groups is 1. The highest BCUT2D eigenvalue weighted by atomic mass is 16.4. The van der Waals surface area contributed by atoms with Crippen molar-refractivity contribution in [1.29, 1.82) is 0 Å². The molecule has 0 spiro atoms. The average Bonchev–Trinajstić information content (AvgIpc) is 2.01. The summed E-state index contributed by atoms with van der Waals surface area (Å²) in [5, 5.41) is 8.85. The zero-order valence-electron chi connectivity index (χ0n) is 9.55. The van der Waals surface area contributed by atoms with E-state index in [0.29, 0.717) is 12.3 Å². The van der Waals surface area contributed by atoms with Gasteiger partial charge in [0.05, 0.1) is 6.42 Å². The molecule has 0 heterocycles. The van der Waals surface area contributed by atoms with Crippen LogP contribution in [0.1, 0.15) is 52.9 Å². The maximum atomic E-state index is 10.7. The molecule has 1 N–H and O–H groups in total. The van der Waals surface area contributed by atoms with E-state index in [2.05, 4.69) is 20.8 Å². The Balaban J connectivity index is 2.56. The van der Waals surface area contributed by atoms with Gasteiger partial charge in [0, 0.05) is 0 Å². The Kier molecular flexibility index (Phi) is 3.57. The van der Waals surface area contributed by atoms with Crippen LogP contribution in [0.25, 0.3) is 0 Å². The Morgan fingerprint density at radius 2 is 2.07 bits per heavy atom. The van der Waals surface area contributed by atoms with Crippen LogP contribution in [0.2, 0.25) is 0 Å². The van der Waals surface area contributed by atoms with E-state index >= 15 is 0 Å². The van der Waals surface area contributed by atoms with E-state index in [1.165, 1.54) is 25.7 Å². The number of carboxylic acid groups (broad SMARTS) is 1. The summed E-state index contributed by atoms with van der Waals surface area (Å²) in [6, 6.07) is 0. The molecule has 1 fully saturated rings. The van der Waals surface area contributed by atoms with Gasteiger partial charge in [0.1, 0.15) is 0 Å². The summed E-state index contributed by atoms with van der Waals surface area (Å²) in [5.41, 5.74) is -0.0273. The first-order valence-electron chi connectivity index (χ1n) is 5.63. The van der Waals surface area contributed by atoms with Crippen molar-refractivity contribution < 1.29 is 9.90 Å². The first-order chi connectivity index (χ1) is 6.42. The van der Waals surface area contributed by atoms with Crippen LogP contribution < -0.4 is 0 Å². The molecule has 0 aliphatic heterocycles. The van der Waals surface area contributed by atoms with Crippen molar-refractivity contribution in [3.05, 3.63) is 0 Å². The topological polar surface area (TPSA) is 37.3 Å². The van der Waals surface area contributed by atoms with Gasteiger partial charge in [-0.15, -0.1) is 0 Å². The number of hydrogen-bond donors (Lipinski definition) is 1. The van der Waals surface area contributed by atoms with Crippen LogP contribution in [0.4, 0.5) is 0 Å². The molecule has 82 valence electrons. The van der Waals surface area contributed by atoms with Crippen LogP contribution >= 0.6 is 0 Å². The van der Waals surface area contributed by atoms with Gasteiger partial charge in [-0.2, -0.15) is 0 Å². The van der Waals surface area contributed by atoms with Gasteiger partial charge in [0.15, 0.2) is 0 Å². The molecule has 1 aliphatic rings. The van der Waals surface area contributed by atoms with Crippen LogP contribution in [0.15, 0.2) is 0 Å². The highest BCUT2D eigenvalue weighted by Crippen LogP contribution is 2.42. The monoisotopic (exact) mass is 198 g/mol. The predicted molar refractivity (Wildman–Crippen MR) is 57.2 cm³/mol. The SMILES string of the molecule is CC1CCCC(C(C)(C)CC(=O)O)C1. The molecular formula is C12H22O2. The summed E-state index contributed by atoms with van der Waals surface area (Å²) < 4.78 is 0. The second-order valence-corrected chi connectivity index (χ2v) is 5.53. The molecule has 0 aromatic rings. The van der Waals surface area contributed by atoms with E-state index in [0.717, 1.165) is 5.92 Å². The van der Waals surface area contributed by atoms with Crippen LogP contribution in [0.5, 0.6) is 0 Å². The molecule has 2 heteroatoms. The molecule has 0 saturated heterocycles.